The van der Waals surface area contributed by atoms with Crippen LogP contribution >= 0.6 is 0 Å². The number of halogens is 1. The van der Waals surface area contributed by atoms with Gasteiger partial charge in [0.05, 0.1) is 11.1 Å². The average molecular weight is 599 g/mol. The van der Waals surface area contributed by atoms with Gasteiger partial charge in [-0.2, -0.15) is 0 Å². The molecule has 4 aromatic rings. The maximum atomic E-state index is 15.8. The number of nitrogens with zero attached hydrogens (tertiary/aromatic N) is 4. The largest absolute Gasteiger partial charge is 0.451 e. The Morgan fingerprint density at radius 3 is 2.43 bits per heavy atom. The van der Waals surface area contributed by atoms with Crippen LogP contribution in [-0.2, 0) is 0 Å². The molecule has 0 bridgehead atoms. The molecule has 1 aromatic heterocycles. The van der Waals surface area contributed by atoms with Crippen molar-refractivity contribution in [2.75, 3.05) is 77.8 Å². The third-order valence-corrected chi connectivity index (χ3v) is 9.20. The maximum Gasteiger partial charge on any atom is 0.256 e. The minimum atomic E-state index is -0.577. The van der Waals surface area contributed by atoms with Crippen molar-refractivity contribution in [2.45, 2.75) is 19.3 Å². The number of likely N-dealkylation sites (tertiary alicyclic amines) is 1. The monoisotopic (exact) mass is 598 g/mol. The molecule has 230 valence electrons. The van der Waals surface area contributed by atoms with Crippen molar-refractivity contribution in [1.82, 2.24) is 24.6 Å². The summed E-state index contributed by atoms with van der Waals surface area (Å²) in [7, 11) is 2.13. The van der Waals surface area contributed by atoms with Crippen molar-refractivity contribution in [3.8, 4) is 17.2 Å². The summed E-state index contributed by atoms with van der Waals surface area (Å²) in [6.45, 7) is 8.87. The van der Waals surface area contributed by atoms with Crippen LogP contribution in [0.3, 0.4) is 0 Å². The van der Waals surface area contributed by atoms with Crippen molar-refractivity contribution < 1.29 is 13.9 Å². The van der Waals surface area contributed by atoms with E-state index in [1.54, 1.807) is 6.20 Å². The van der Waals surface area contributed by atoms with Gasteiger partial charge in [0.1, 0.15) is 16.8 Å². The third kappa shape index (κ3) is 5.53. The molecule has 2 fully saturated rings. The Bertz CT molecular complexity index is 1780. The quantitative estimate of drug-likeness (QED) is 0.246. The Morgan fingerprint density at radius 1 is 0.932 bits per heavy atom. The summed E-state index contributed by atoms with van der Waals surface area (Å²) in [6, 6.07) is 13.1. The maximum absolute atomic E-state index is 15.8. The molecule has 0 atom stereocenters. The van der Waals surface area contributed by atoms with E-state index in [1.165, 1.54) is 18.9 Å². The number of rotatable bonds is 9. The van der Waals surface area contributed by atoms with E-state index in [0.717, 1.165) is 69.6 Å². The number of pyridine rings is 1. The van der Waals surface area contributed by atoms with Crippen LogP contribution in [0, 0.1) is 5.82 Å². The molecular weight excluding hydrogens is 559 g/mol. The molecule has 0 spiro atoms. The second-order valence-electron chi connectivity index (χ2n) is 12.2. The molecule has 2 saturated heterocycles. The van der Waals surface area contributed by atoms with Crippen LogP contribution in [-0.4, -0.2) is 97.7 Å². The molecular formula is C34H39FN6O3. The Morgan fingerprint density at radius 2 is 1.66 bits per heavy atom. The van der Waals surface area contributed by atoms with Crippen molar-refractivity contribution >= 4 is 33.3 Å². The fraction of sp³-hybridized carbons (Fsp3) is 0.412. The summed E-state index contributed by atoms with van der Waals surface area (Å²) in [6.07, 6.45) is 4.74. The predicted octanol–water partition coefficient (Wildman–Crippen LogP) is 4.26. The van der Waals surface area contributed by atoms with Crippen LogP contribution in [0.15, 0.2) is 53.5 Å². The van der Waals surface area contributed by atoms with Crippen molar-refractivity contribution in [1.29, 1.82) is 0 Å². The summed E-state index contributed by atoms with van der Waals surface area (Å²) in [5.41, 5.74) is 0.849. The summed E-state index contributed by atoms with van der Waals surface area (Å²) in [5.74, 6) is -0.234. The molecule has 0 aliphatic carbocycles. The summed E-state index contributed by atoms with van der Waals surface area (Å²) in [4.78, 5) is 34.3. The van der Waals surface area contributed by atoms with Crippen LogP contribution < -0.4 is 20.8 Å². The highest BCUT2D eigenvalue weighted by Gasteiger charge is 2.29. The highest BCUT2D eigenvalue weighted by molar-refractivity contribution is 6.02. The van der Waals surface area contributed by atoms with Gasteiger partial charge >= 0.3 is 0 Å². The fourth-order valence-electron chi connectivity index (χ4n) is 6.65. The molecule has 9 nitrogen and oxygen atoms in total. The smallest absolute Gasteiger partial charge is 0.256 e. The molecule has 0 saturated carbocycles. The van der Waals surface area contributed by atoms with Crippen molar-refractivity contribution in [3.05, 3.63) is 70.3 Å². The summed E-state index contributed by atoms with van der Waals surface area (Å²) >= 11 is 0. The number of likely N-dealkylation sites (N-methyl/N-ethyl adjacent to an activating group) is 1. The number of benzene rings is 3. The van der Waals surface area contributed by atoms with Gasteiger partial charge in [-0.05, 0) is 74.9 Å². The number of hydrogen-bond donors (Lipinski definition) is 2. The van der Waals surface area contributed by atoms with Crippen LogP contribution in [0.4, 0.5) is 10.1 Å². The van der Waals surface area contributed by atoms with E-state index in [-0.39, 0.29) is 22.4 Å². The number of hydrogen-bond acceptors (Lipinski definition) is 7. The van der Waals surface area contributed by atoms with Gasteiger partial charge in [0.15, 0.2) is 17.3 Å². The lowest BCUT2D eigenvalue weighted by Gasteiger charge is -2.32. The number of carbonyl (C=O) groups is 1. The van der Waals surface area contributed by atoms with Crippen LogP contribution in [0.2, 0.25) is 0 Å². The Kier molecular flexibility index (Phi) is 7.97. The first-order valence-electron chi connectivity index (χ1n) is 15.7. The summed E-state index contributed by atoms with van der Waals surface area (Å²) < 4.78 is 24.0. The minimum Gasteiger partial charge on any atom is -0.451 e. The van der Waals surface area contributed by atoms with Gasteiger partial charge in [-0.25, -0.2) is 4.39 Å². The van der Waals surface area contributed by atoms with Crippen molar-refractivity contribution in [3.63, 3.8) is 0 Å². The average Bonchev–Trinajstić information content (AvgIpc) is 3.55. The standard InChI is InChI=1S/C34H39FN6O3/c1-38-15-17-40(18-16-38)13-6-9-37-34(43)26-22-41-28-19-23-7-2-3-8-24(23)20-29(28)44-33-30(36-10-14-39-11-4-5-12-39)27(35)21-25(31(33)41)32(26)42/h2-3,7-8,19-22,36H,4-6,9-18H2,1H3,(H,37,43). The number of nitrogens with one attached hydrogen (secondary N) is 2. The predicted molar refractivity (Wildman–Crippen MR) is 172 cm³/mol. The second kappa shape index (κ2) is 12.2. The molecule has 1 amide bonds. The Balaban J connectivity index is 1.22. The van der Waals surface area contributed by atoms with Gasteiger partial charge in [-0.3, -0.25) is 9.59 Å². The molecule has 10 heteroatoms. The molecule has 0 radical (unpaired) electrons. The lowest BCUT2D eigenvalue weighted by Crippen LogP contribution is -2.45. The molecule has 44 heavy (non-hydrogen) atoms. The zero-order valence-corrected chi connectivity index (χ0v) is 25.2. The topological polar surface area (TPSA) is 82.1 Å². The number of aromatic nitrogens is 1. The van der Waals surface area contributed by atoms with Gasteiger partial charge in [0.2, 0.25) is 5.43 Å². The highest BCUT2D eigenvalue weighted by Crippen LogP contribution is 2.46. The summed E-state index contributed by atoms with van der Waals surface area (Å²) in [5, 5.41) is 8.28. The van der Waals surface area contributed by atoms with E-state index >= 15 is 4.39 Å². The highest BCUT2D eigenvalue weighted by atomic mass is 19.1. The van der Waals surface area contributed by atoms with E-state index in [2.05, 4.69) is 32.4 Å². The van der Waals surface area contributed by atoms with Gasteiger partial charge in [-0.1, -0.05) is 24.3 Å². The van der Waals surface area contributed by atoms with Crippen LogP contribution in [0.5, 0.6) is 11.5 Å². The molecule has 3 aliphatic heterocycles. The van der Waals surface area contributed by atoms with Crippen LogP contribution in [0.1, 0.15) is 29.6 Å². The lowest BCUT2D eigenvalue weighted by atomic mass is 10.0. The second-order valence-corrected chi connectivity index (χ2v) is 12.2. The SMILES string of the molecule is CN1CCN(CCCNC(=O)c2cn3c4c(c(NCCN5CCCC5)c(F)cc4c2=O)Oc2cc4ccccc4cc2-3)CC1. The van der Waals surface area contributed by atoms with Gasteiger partial charge in [0, 0.05) is 52.0 Å². The normalized spacial score (nSPS) is 17.1. The molecule has 0 unspecified atom stereocenters. The number of amides is 1. The number of ether oxygens (including phenoxy) is 1. The first-order chi connectivity index (χ1) is 21.5. The van der Waals surface area contributed by atoms with Crippen molar-refractivity contribution in [2.24, 2.45) is 0 Å². The Labute approximate surface area is 256 Å². The number of anilines is 1. The molecule has 4 heterocycles. The first kappa shape index (κ1) is 28.8. The number of fused-ring (bicyclic) bond motifs is 3. The van der Waals surface area contributed by atoms with Gasteiger partial charge in [0.25, 0.3) is 5.91 Å². The van der Waals surface area contributed by atoms with Crippen LogP contribution in [0.25, 0.3) is 27.4 Å². The molecule has 7 rings (SSSR count). The van der Waals surface area contributed by atoms with E-state index in [9.17, 15) is 9.59 Å². The zero-order valence-electron chi connectivity index (χ0n) is 25.2. The van der Waals surface area contributed by atoms with Gasteiger partial charge in [-0.15, -0.1) is 0 Å². The molecule has 2 N–H and O–H groups in total. The lowest BCUT2D eigenvalue weighted by molar-refractivity contribution is 0.0948. The van der Waals surface area contributed by atoms with Gasteiger partial charge < -0.3 is 34.6 Å². The fourth-order valence-corrected chi connectivity index (χ4v) is 6.65. The van der Waals surface area contributed by atoms with E-state index in [0.29, 0.717) is 30.0 Å². The number of carbonyl (C=O) groups excluding carboxylic acids is 1. The molecule has 3 aromatic carbocycles. The molecule has 3 aliphatic rings. The zero-order chi connectivity index (χ0) is 30.2. The van der Waals surface area contributed by atoms with E-state index in [1.807, 2.05) is 41.0 Å². The number of piperazine rings is 1. The first-order valence-corrected chi connectivity index (χ1v) is 15.7. The Hall–Kier alpha value is -3.99. The minimum absolute atomic E-state index is 0.0156. The third-order valence-electron chi connectivity index (χ3n) is 9.20. The van der Waals surface area contributed by atoms with E-state index < -0.39 is 17.2 Å². The van der Waals surface area contributed by atoms with E-state index in [4.69, 9.17) is 4.74 Å².